The summed E-state index contributed by atoms with van der Waals surface area (Å²) in [7, 11) is 0. The first kappa shape index (κ1) is 39.8. The predicted molar refractivity (Wildman–Crippen MR) is 281 cm³/mol. The van der Waals surface area contributed by atoms with E-state index in [2.05, 4.69) is 256 Å². The minimum Gasteiger partial charge on any atom is -0.324 e. The molecule has 65 heavy (non-hydrogen) atoms. The van der Waals surface area contributed by atoms with Crippen molar-refractivity contribution in [3.05, 3.63) is 249 Å². The van der Waals surface area contributed by atoms with Crippen molar-refractivity contribution in [2.24, 2.45) is 0 Å². The van der Waals surface area contributed by atoms with Crippen molar-refractivity contribution in [2.75, 3.05) is 9.80 Å². The molecule has 0 spiro atoms. The number of nitrogens with zero attached hydrogens (tertiary/aromatic N) is 4. The van der Waals surface area contributed by atoms with Crippen LogP contribution in [0.1, 0.15) is 12.3 Å². The second-order valence-corrected chi connectivity index (χ2v) is 16.8. The Kier molecular flexibility index (Phi) is 10.6. The number of hydrogen-bond donors (Lipinski definition) is 1. The van der Waals surface area contributed by atoms with Crippen molar-refractivity contribution in [1.82, 2.24) is 9.13 Å². The number of hydrogen-bond acceptors (Lipinski definition) is 3. The average Bonchev–Trinajstić information content (AvgIpc) is 3.88. The molecule has 0 aliphatic rings. The molecule has 0 fully saturated rings. The Morgan fingerprint density at radius 2 is 0.800 bits per heavy atom. The predicted octanol–water partition coefficient (Wildman–Crippen LogP) is 17.1. The Hall–Kier alpha value is -7.99. The summed E-state index contributed by atoms with van der Waals surface area (Å²) in [6.07, 6.45) is 8.28. The van der Waals surface area contributed by atoms with E-state index in [4.69, 9.17) is 12.6 Å². The zero-order valence-corrected chi connectivity index (χ0v) is 36.9. The van der Waals surface area contributed by atoms with Crippen LogP contribution >= 0.6 is 12.6 Å². The van der Waals surface area contributed by atoms with Crippen LogP contribution in [-0.2, 0) is 0 Å². The molecule has 9 aromatic carbocycles. The summed E-state index contributed by atoms with van der Waals surface area (Å²) in [5.74, 6) is 0. The molecular weight excluding hydrogens is 809 g/mol. The van der Waals surface area contributed by atoms with Gasteiger partial charge < -0.3 is 18.9 Å². The second-order valence-electron chi connectivity index (χ2n) is 16.2. The Morgan fingerprint density at radius 3 is 1.35 bits per heavy atom. The molecule has 2 heterocycles. The molecule has 1 unspecified atom stereocenters. The van der Waals surface area contributed by atoms with Gasteiger partial charge in [0.25, 0.3) is 0 Å². The maximum absolute atomic E-state index is 5.10. The van der Waals surface area contributed by atoms with Gasteiger partial charge in [-0.15, -0.1) is 12.6 Å². The molecule has 312 valence electrons. The number of anilines is 6. The summed E-state index contributed by atoms with van der Waals surface area (Å²) in [4.78, 5) is 4.69. The second kappa shape index (κ2) is 17.3. The fourth-order valence-corrected chi connectivity index (χ4v) is 9.73. The van der Waals surface area contributed by atoms with Crippen molar-refractivity contribution >= 4 is 90.4 Å². The largest absolute Gasteiger partial charge is 0.324 e. The van der Waals surface area contributed by atoms with E-state index in [1.807, 2.05) is 19.1 Å². The third-order valence-electron chi connectivity index (χ3n) is 12.3. The smallest absolute Gasteiger partial charge is 0.0959 e. The Labute approximate surface area is 385 Å². The van der Waals surface area contributed by atoms with Crippen LogP contribution in [0.15, 0.2) is 249 Å². The van der Waals surface area contributed by atoms with E-state index in [0.29, 0.717) is 0 Å². The van der Waals surface area contributed by atoms with E-state index >= 15 is 0 Å². The zero-order chi connectivity index (χ0) is 43.7. The number of rotatable bonds is 11. The maximum Gasteiger partial charge on any atom is 0.0959 e. The van der Waals surface area contributed by atoms with Crippen molar-refractivity contribution in [1.29, 1.82) is 0 Å². The highest BCUT2D eigenvalue weighted by Gasteiger charge is 2.20. The highest BCUT2D eigenvalue weighted by molar-refractivity contribution is 7.80. The van der Waals surface area contributed by atoms with Gasteiger partial charge in [-0.2, -0.15) is 0 Å². The van der Waals surface area contributed by atoms with E-state index in [1.165, 1.54) is 32.6 Å². The third kappa shape index (κ3) is 7.36. The fraction of sp³-hybridized carbons (Fsp3) is 0.0333. The number of para-hydroxylation sites is 5. The molecule has 0 amide bonds. The van der Waals surface area contributed by atoms with Crippen molar-refractivity contribution in [2.45, 2.75) is 12.3 Å². The van der Waals surface area contributed by atoms with Crippen LogP contribution in [0.2, 0.25) is 0 Å². The Morgan fingerprint density at radius 1 is 0.385 bits per heavy atom. The highest BCUT2D eigenvalue weighted by atomic mass is 32.1. The summed E-state index contributed by atoms with van der Waals surface area (Å²) in [5.41, 5.74) is 14.6. The van der Waals surface area contributed by atoms with Crippen LogP contribution in [-0.4, -0.2) is 9.13 Å². The van der Waals surface area contributed by atoms with Gasteiger partial charge in [0.15, 0.2) is 0 Å². The first-order valence-corrected chi connectivity index (χ1v) is 22.7. The maximum atomic E-state index is 5.10. The van der Waals surface area contributed by atoms with Gasteiger partial charge in [0.1, 0.15) is 0 Å². The molecule has 5 heteroatoms. The van der Waals surface area contributed by atoms with Gasteiger partial charge in [-0.05, 0) is 115 Å². The van der Waals surface area contributed by atoms with Gasteiger partial charge in [-0.25, -0.2) is 0 Å². The van der Waals surface area contributed by atoms with E-state index in [0.717, 1.165) is 62.0 Å². The molecule has 1 atom stereocenters. The van der Waals surface area contributed by atoms with Crippen molar-refractivity contribution in [3.8, 4) is 16.8 Å². The standard InChI is InChI=1S/C60H46N4S/c1-2-3-7-28-60(65)64-57-27-17-15-25-53(57)55-40-38-51(42-59(55)64)62(46-20-10-5-11-21-46)49-35-31-44(32-36-49)43-29-33-48(34-30-43)61(45-18-8-4-9-19-45)50-37-39-54-52-24-14-16-26-56(52)63(58(54)41-50)47-22-12-6-13-23-47/h2-42,60,65H,1H3/b3-2-,28-7-. The number of benzene rings is 9. The zero-order valence-electron chi connectivity index (χ0n) is 36.0. The van der Waals surface area contributed by atoms with E-state index in [9.17, 15) is 0 Å². The molecule has 0 radical (unpaired) electrons. The normalized spacial score (nSPS) is 12.3. The fourth-order valence-electron chi connectivity index (χ4n) is 9.38. The summed E-state index contributed by atoms with van der Waals surface area (Å²) in [6, 6.07) is 80.7. The van der Waals surface area contributed by atoms with Crippen LogP contribution in [0.25, 0.3) is 60.4 Å². The third-order valence-corrected chi connectivity index (χ3v) is 12.8. The van der Waals surface area contributed by atoms with Crippen LogP contribution in [0, 0.1) is 0 Å². The van der Waals surface area contributed by atoms with Crippen LogP contribution in [0.5, 0.6) is 0 Å². The molecule has 0 aliphatic heterocycles. The van der Waals surface area contributed by atoms with Crippen LogP contribution < -0.4 is 9.80 Å². The SMILES string of the molecule is C/C=C\C=C/C(S)n1c2ccccc2c2ccc(N(c3ccccc3)c3ccc(-c4ccc(N(c5ccccc5)c5ccc6c7ccccc7n(-c7ccccc7)c6c5)cc4)cc3)cc21. The van der Waals surface area contributed by atoms with Gasteiger partial charge in [0.2, 0.25) is 0 Å². The van der Waals surface area contributed by atoms with E-state index < -0.39 is 0 Å². The van der Waals surface area contributed by atoms with Gasteiger partial charge in [0.05, 0.1) is 27.4 Å². The monoisotopic (exact) mass is 854 g/mol. The quantitative estimate of drug-likeness (QED) is 0.103. The van der Waals surface area contributed by atoms with Crippen LogP contribution in [0.3, 0.4) is 0 Å². The first-order chi connectivity index (χ1) is 32.1. The van der Waals surface area contributed by atoms with Crippen molar-refractivity contribution in [3.63, 3.8) is 0 Å². The lowest BCUT2D eigenvalue weighted by Crippen LogP contribution is -2.10. The average molecular weight is 855 g/mol. The minimum atomic E-state index is -0.143. The lowest BCUT2D eigenvalue weighted by Gasteiger charge is -2.26. The highest BCUT2D eigenvalue weighted by Crippen LogP contribution is 2.43. The molecule has 11 aromatic rings. The van der Waals surface area contributed by atoms with E-state index in [-0.39, 0.29) is 5.37 Å². The molecule has 0 aliphatic carbocycles. The van der Waals surface area contributed by atoms with E-state index in [1.54, 1.807) is 0 Å². The Bertz CT molecular complexity index is 3500. The summed E-state index contributed by atoms with van der Waals surface area (Å²) >= 11 is 5.10. The molecular formula is C60H46N4S. The number of thiol groups is 1. The molecule has 0 saturated carbocycles. The topological polar surface area (TPSA) is 16.3 Å². The number of fused-ring (bicyclic) bond motifs is 6. The van der Waals surface area contributed by atoms with Gasteiger partial charge in [-0.3, -0.25) is 0 Å². The summed E-state index contributed by atoms with van der Waals surface area (Å²) < 4.78 is 4.71. The molecule has 4 nitrogen and oxygen atoms in total. The van der Waals surface area contributed by atoms with Gasteiger partial charge >= 0.3 is 0 Å². The minimum absolute atomic E-state index is 0.143. The first-order valence-electron chi connectivity index (χ1n) is 22.1. The molecule has 0 bridgehead atoms. The van der Waals surface area contributed by atoms with Gasteiger partial charge in [-0.1, -0.05) is 152 Å². The summed E-state index contributed by atoms with van der Waals surface area (Å²) in [6.45, 7) is 2.03. The Balaban J connectivity index is 0.955. The lowest BCUT2D eigenvalue weighted by molar-refractivity contribution is 0.879. The lowest BCUT2D eigenvalue weighted by atomic mass is 10.0. The molecule has 0 saturated heterocycles. The molecule has 2 aromatic heterocycles. The number of allylic oxidation sites excluding steroid dienone is 3. The summed E-state index contributed by atoms with van der Waals surface area (Å²) in [5, 5.41) is 4.75. The molecule has 0 N–H and O–H groups in total. The van der Waals surface area contributed by atoms with Crippen LogP contribution in [0.4, 0.5) is 34.1 Å². The number of aromatic nitrogens is 2. The van der Waals surface area contributed by atoms with Crippen molar-refractivity contribution < 1.29 is 0 Å². The molecule has 11 rings (SSSR count). The van der Waals surface area contributed by atoms with Gasteiger partial charge in [0, 0.05) is 61.4 Å².